The molecular weight excluding hydrogens is 206 g/mol. The molecule has 0 rings (SSSR count). The highest BCUT2D eigenvalue weighted by atomic mass is 16.5. The Labute approximate surface area is 96.6 Å². The normalized spacial score (nSPS) is 11.6. The first-order valence-corrected chi connectivity index (χ1v) is 5.17. The molecule has 0 aliphatic carbocycles. The first-order valence-electron chi connectivity index (χ1n) is 5.17. The highest BCUT2D eigenvalue weighted by molar-refractivity contribution is 5.87. The van der Waals surface area contributed by atoms with E-state index in [2.05, 4.69) is 0 Å². The summed E-state index contributed by atoms with van der Waals surface area (Å²) in [5, 5.41) is 0. The largest absolute Gasteiger partial charge is 0.501 e. The van der Waals surface area contributed by atoms with E-state index in [1.165, 1.54) is 13.2 Å². The average Bonchev–Trinajstić information content (AvgIpc) is 2.28. The Morgan fingerprint density at radius 1 is 1.31 bits per heavy atom. The lowest BCUT2D eigenvalue weighted by molar-refractivity contribution is -0.124. The van der Waals surface area contributed by atoms with Gasteiger partial charge < -0.3 is 14.4 Å². The smallest absolute Gasteiger partial charge is 0.249 e. The molecule has 0 aromatic heterocycles. The molecule has 0 aliphatic heterocycles. The highest BCUT2D eigenvalue weighted by Crippen LogP contribution is 1.96. The van der Waals surface area contributed by atoms with Crippen LogP contribution in [0.3, 0.4) is 0 Å². The maximum absolute atomic E-state index is 11.5. The fourth-order valence-electron chi connectivity index (χ4n) is 0.948. The van der Waals surface area contributed by atoms with Gasteiger partial charge >= 0.3 is 0 Å². The Hall–Kier alpha value is -1.58. The number of hydrogen-bond acceptors (Lipinski definition) is 3. The number of likely N-dealkylation sites (N-methyl/N-ethyl adjacent to an activating group) is 1. The van der Waals surface area contributed by atoms with Crippen molar-refractivity contribution in [2.75, 3.05) is 20.7 Å². The fourth-order valence-corrected chi connectivity index (χ4v) is 0.948. The van der Waals surface area contributed by atoms with E-state index < -0.39 is 0 Å². The van der Waals surface area contributed by atoms with Gasteiger partial charge in [-0.15, -0.1) is 0 Å². The molecule has 16 heavy (non-hydrogen) atoms. The molecule has 0 heterocycles. The van der Waals surface area contributed by atoms with Crippen LogP contribution < -0.4 is 0 Å². The van der Waals surface area contributed by atoms with Gasteiger partial charge in [-0.2, -0.15) is 0 Å². The second-order valence-electron chi connectivity index (χ2n) is 3.39. The first-order chi connectivity index (χ1) is 7.61. The van der Waals surface area contributed by atoms with Gasteiger partial charge in [0.05, 0.1) is 12.9 Å². The number of ether oxygens (including phenoxy) is 1. The number of amides is 1. The summed E-state index contributed by atoms with van der Waals surface area (Å²) >= 11 is 0. The fraction of sp³-hybridized carbons (Fsp3) is 0.500. The molecule has 0 saturated heterocycles. The number of carbonyl (C=O) groups is 2. The maximum Gasteiger partial charge on any atom is 0.249 e. The first kappa shape index (κ1) is 14.4. The summed E-state index contributed by atoms with van der Waals surface area (Å²) in [4.78, 5) is 23.1. The molecule has 4 nitrogen and oxygen atoms in total. The molecule has 0 radical (unpaired) electrons. The minimum atomic E-state index is -0.0978. The third-order valence-electron chi connectivity index (χ3n) is 2.02. The topological polar surface area (TPSA) is 46.6 Å². The zero-order chi connectivity index (χ0) is 12.4. The van der Waals surface area contributed by atoms with Crippen LogP contribution in [0.2, 0.25) is 0 Å². The molecule has 0 unspecified atom stereocenters. The third-order valence-corrected chi connectivity index (χ3v) is 2.02. The van der Waals surface area contributed by atoms with Crippen LogP contribution in [0.1, 0.15) is 19.8 Å². The van der Waals surface area contributed by atoms with Crippen LogP contribution in [0.25, 0.3) is 0 Å². The molecule has 90 valence electrons. The number of aldehydes is 1. The SMILES string of the molecule is CO/C(C)=C/C(=O)N(C)C/C=C/CCC=O. The van der Waals surface area contributed by atoms with Gasteiger partial charge in [0.1, 0.15) is 6.29 Å². The molecule has 0 bridgehead atoms. The number of methoxy groups -OCH3 is 1. The predicted octanol–water partition coefficient (Wildman–Crippen LogP) is 1.53. The summed E-state index contributed by atoms with van der Waals surface area (Å²) in [6.45, 7) is 2.26. The van der Waals surface area contributed by atoms with Crippen LogP contribution in [0.5, 0.6) is 0 Å². The minimum Gasteiger partial charge on any atom is -0.501 e. The lowest BCUT2D eigenvalue weighted by Gasteiger charge is -2.12. The Morgan fingerprint density at radius 3 is 2.56 bits per heavy atom. The summed E-state index contributed by atoms with van der Waals surface area (Å²) in [5.74, 6) is 0.487. The van der Waals surface area contributed by atoms with Crippen molar-refractivity contribution >= 4 is 12.2 Å². The third kappa shape index (κ3) is 6.81. The number of rotatable bonds is 7. The number of carbonyl (C=O) groups excluding carboxylic acids is 2. The summed E-state index contributed by atoms with van der Waals surface area (Å²) in [6, 6.07) is 0. The van der Waals surface area contributed by atoms with Crippen LogP contribution in [0, 0.1) is 0 Å². The zero-order valence-corrected chi connectivity index (χ0v) is 10.1. The Bertz CT molecular complexity index is 282. The minimum absolute atomic E-state index is 0.0978. The van der Waals surface area contributed by atoms with Crippen LogP contribution in [0.4, 0.5) is 0 Å². The summed E-state index contributed by atoms with van der Waals surface area (Å²) in [7, 11) is 3.24. The molecule has 0 spiro atoms. The van der Waals surface area contributed by atoms with Gasteiger partial charge in [0.15, 0.2) is 0 Å². The van der Waals surface area contributed by atoms with E-state index >= 15 is 0 Å². The van der Waals surface area contributed by atoms with Gasteiger partial charge in [-0.05, 0) is 13.3 Å². The van der Waals surface area contributed by atoms with Gasteiger partial charge in [-0.25, -0.2) is 0 Å². The monoisotopic (exact) mass is 225 g/mol. The van der Waals surface area contributed by atoms with Crippen LogP contribution in [0.15, 0.2) is 24.0 Å². The zero-order valence-electron chi connectivity index (χ0n) is 10.1. The van der Waals surface area contributed by atoms with Crippen LogP contribution >= 0.6 is 0 Å². The standard InChI is InChI=1S/C12H19NO3/c1-11(16-3)10-12(15)13(2)8-6-4-5-7-9-14/h4,6,9-10H,5,7-8H2,1-3H3/b6-4+,11-10+. The van der Waals surface area contributed by atoms with Crippen molar-refractivity contribution in [3.63, 3.8) is 0 Å². The van der Waals surface area contributed by atoms with Crippen molar-refractivity contribution in [2.45, 2.75) is 19.8 Å². The molecule has 4 heteroatoms. The predicted molar refractivity (Wildman–Crippen MR) is 62.8 cm³/mol. The van der Waals surface area contributed by atoms with Gasteiger partial charge in [-0.1, -0.05) is 12.2 Å². The summed E-state index contributed by atoms with van der Waals surface area (Å²) < 4.78 is 4.89. The second kappa shape index (κ2) is 8.71. The molecule has 0 aromatic rings. The average molecular weight is 225 g/mol. The van der Waals surface area contributed by atoms with E-state index in [-0.39, 0.29) is 5.91 Å². The number of allylic oxidation sites excluding steroid dienone is 2. The Balaban J connectivity index is 3.96. The van der Waals surface area contributed by atoms with Crippen molar-refractivity contribution < 1.29 is 14.3 Å². The van der Waals surface area contributed by atoms with Crippen LogP contribution in [-0.4, -0.2) is 37.8 Å². The van der Waals surface area contributed by atoms with Gasteiger partial charge in [0, 0.05) is 26.1 Å². The molecular formula is C12H19NO3. The van der Waals surface area contributed by atoms with Crippen molar-refractivity contribution in [3.05, 3.63) is 24.0 Å². The van der Waals surface area contributed by atoms with Gasteiger partial charge in [-0.3, -0.25) is 4.79 Å². The van der Waals surface area contributed by atoms with E-state index in [0.29, 0.717) is 18.7 Å². The lowest BCUT2D eigenvalue weighted by Crippen LogP contribution is -2.25. The molecule has 0 aromatic carbocycles. The molecule has 0 N–H and O–H groups in total. The Morgan fingerprint density at radius 2 is 2.00 bits per heavy atom. The second-order valence-corrected chi connectivity index (χ2v) is 3.39. The summed E-state index contributed by atoms with van der Waals surface area (Å²) in [6.07, 6.45) is 7.33. The van der Waals surface area contributed by atoms with Crippen molar-refractivity contribution in [3.8, 4) is 0 Å². The Kier molecular flexibility index (Phi) is 7.85. The molecule has 1 amide bonds. The number of nitrogens with zero attached hydrogens (tertiary/aromatic N) is 1. The van der Waals surface area contributed by atoms with E-state index in [0.717, 1.165) is 12.7 Å². The quantitative estimate of drug-likeness (QED) is 0.217. The van der Waals surface area contributed by atoms with E-state index in [9.17, 15) is 9.59 Å². The van der Waals surface area contributed by atoms with Crippen LogP contribution in [-0.2, 0) is 14.3 Å². The molecule has 0 saturated carbocycles. The number of unbranched alkanes of at least 4 members (excludes halogenated alkanes) is 1. The van der Waals surface area contributed by atoms with Crippen molar-refractivity contribution in [1.82, 2.24) is 4.90 Å². The van der Waals surface area contributed by atoms with E-state index in [1.54, 1.807) is 18.9 Å². The van der Waals surface area contributed by atoms with E-state index in [4.69, 9.17) is 4.74 Å². The number of hydrogen-bond donors (Lipinski definition) is 0. The van der Waals surface area contributed by atoms with E-state index in [1.807, 2.05) is 12.2 Å². The van der Waals surface area contributed by atoms with Crippen molar-refractivity contribution in [2.24, 2.45) is 0 Å². The highest BCUT2D eigenvalue weighted by Gasteiger charge is 2.03. The molecule has 0 fully saturated rings. The molecule has 0 aliphatic rings. The lowest BCUT2D eigenvalue weighted by atomic mass is 10.3. The van der Waals surface area contributed by atoms with Gasteiger partial charge in [0.25, 0.3) is 0 Å². The van der Waals surface area contributed by atoms with Crippen molar-refractivity contribution in [1.29, 1.82) is 0 Å². The summed E-state index contributed by atoms with van der Waals surface area (Å²) in [5.41, 5.74) is 0. The van der Waals surface area contributed by atoms with Gasteiger partial charge in [0.2, 0.25) is 5.91 Å². The molecule has 0 atom stereocenters. The maximum atomic E-state index is 11.5.